The van der Waals surface area contributed by atoms with Gasteiger partial charge in [0.15, 0.2) is 0 Å². The Balaban J connectivity index is 1.41. The number of unbranched alkanes of at least 4 members (excludes halogenated alkanes) is 5. The first-order valence-corrected chi connectivity index (χ1v) is 14.0. The first-order valence-electron chi connectivity index (χ1n) is 12.0. The molecule has 0 N–H and O–H groups in total. The Morgan fingerprint density at radius 2 is 0.966 bits per heavy atom. The monoisotopic (exact) mass is 429 g/mol. The van der Waals surface area contributed by atoms with Crippen LogP contribution in [0.25, 0.3) is 0 Å². The van der Waals surface area contributed by atoms with Gasteiger partial charge in [-0.05, 0) is 45.3 Å². The van der Waals surface area contributed by atoms with Gasteiger partial charge in [0.25, 0.3) is 0 Å². The third kappa shape index (κ3) is 9.76. The van der Waals surface area contributed by atoms with Gasteiger partial charge in [-0.3, -0.25) is 4.90 Å². The Labute approximate surface area is 181 Å². The zero-order valence-corrected chi connectivity index (χ0v) is 20.5. The minimum atomic E-state index is -2.35. The molecule has 2 aliphatic heterocycles. The van der Waals surface area contributed by atoms with Crippen LogP contribution in [0.3, 0.4) is 0 Å². The Bertz CT molecular complexity index is 390. The summed E-state index contributed by atoms with van der Waals surface area (Å²) in [5, 5.41) is 0. The normalized spacial score (nSPS) is 20.4. The van der Waals surface area contributed by atoms with Crippen molar-refractivity contribution in [1.29, 1.82) is 0 Å². The fourth-order valence-corrected chi connectivity index (χ4v) is 6.44. The number of likely N-dealkylation sites (tertiary alicyclic amines) is 1. The Kier molecular flexibility index (Phi) is 13.0. The highest BCUT2D eigenvalue weighted by Gasteiger charge is 2.36. The van der Waals surface area contributed by atoms with Crippen molar-refractivity contribution in [1.82, 2.24) is 14.7 Å². The third-order valence-corrected chi connectivity index (χ3v) is 9.62. The second-order valence-corrected chi connectivity index (χ2v) is 11.8. The van der Waals surface area contributed by atoms with Crippen molar-refractivity contribution in [2.24, 2.45) is 0 Å². The SMILES string of the molecule is CO[Si](CCCCCCCCN1CCN(CCN2CCCCC2)CC1)(OC)OC. The van der Waals surface area contributed by atoms with Crippen molar-refractivity contribution in [2.45, 2.75) is 63.8 Å². The fourth-order valence-electron chi connectivity index (χ4n) is 4.64. The fraction of sp³-hybridized carbons (Fsp3) is 1.00. The van der Waals surface area contributed by atoms with Gasteiger partial charge < -0.3 is 23.1 Å². The van der Waals surface area contributed by atoms with Gasteiger partial charge in [0.1, 0.15) is 0 Å². The number of hydrogen-bond acceptors (Lipinski definition) is 6. The highest BCUT2D eigenvalue weighted by atomic mass is 28.4. The van der Waals surface area contributed by atoms with Crippen molar-refractivity contribution >= 4 is 8.80 Å². The number of nitrogens with zero attached hydrogens (tertiary/aromatic N) is 3. The van der Waals surface area contributed by atoms with E-state index in [1.807, 2.05) is 0 Å². The summed E-state index contributed by atoms with van der Waals surface area (Å²) in [6.45, 7) is 11.5. The zero-order valence-electron chi connectivity index (χ0n) is 19.5. The van der Waals surface area contributed by atoms with Gasteiger partial charge >= 0.3 is 8.80 Å². The van der Waals surface area contributed by atoms with E-state index >= 15 is 0 Å². The summed E-state index contributed by atoms with van der Waals surface area (Å²) in [6, 6.07) is 0.929. The lowest BCUT2D eigenvalue weighted by molar-refractivity contribution is 0.112. The third-order valence-electron chi connectivity index (χ3n) is 6.79. The smallest absolute Gasteiger partial charge is 0.377 e. The largest absolute Gasteiger partial charge is 0.500 e. The van der Waals surface area contributed by atoms with E-state index in [0.29, 0.717) is 0 Å². The predicted molar refractivity (Wildman–Crippen MR) is 122 cm³/mol. The maximum Gasteiger partial charge on any atom is 0.500 e. The van der Waals surface area contributed by atoms with Crippen LogP contribution in [0.2, 0.25) is 6.04 Å². The molecule has 0 aromatic heterocycles. The molecule has 0 bridgehead atoms. The number of piperazine rings is 1. The van der Waals surface area contributed by atoms with Crippen molar-refractivity contribution in [2.75, 3.05) is 80.2 Å². The van der Waals surface area contributed by atoms with Gasteiger partial charge in [-0.15, -0.1) is 0 Å². The topological polar surface area (TPSA) is 37.4 Å². The Morgan fingerprint density at radius 1 is 0.517 bits per heavy atom. The first-order chi connectivity index (χ1) is 14.2. The molecule has 0 spiro atoms. The van der Waals surface area contributed by atoms with Gasteiger partial charge in [-0.1, -0.05) is 32.1 Å². The molecule has 0 aromatic rings. The highest BCUT2D eigenvalue weighted by Crippen LogP contribution is 2.18. The molecule has 0 saturated carbocycles. The summed E-state index contributed by atoms with van der Waals surface area (Å²) in [6.07, 6.45) is 12.0. The summed E-state index contributed by atoms with van der Waals surface area (Å²) >= 11 is 0. The maximum atomic E-state index is 5.49. The molecule has 0 amide bonds. The molecule has 172 valence electrons. The molecule has 0 aromatic carbocycles. The molecular formula is C22H47N3O3Si. The molecule has 29 heavy (non-hydrogen) atoms. The summed E-state index contributed by atoms with van der Waals surface area (Å²) in [5.41, 5.74) is 0. The van der Waals surface area contributed by atoms with Crippen molar-refractivity contribution < 1.29 is 13.3 Å². The van der Waals surface area contributed by atoms with Crippen LogP contribution < -0.4 is 0 Å². The van der Waals surface area contributed by atoms with Crippen LogP contribution in [0.15, 0.2) is 0 Å². The molecule has 2 aliphatic rings. The Hall–Kier alpha value is -0.0231. The molecule has 0 unspecified atom stereocenters. The van der Waals surface area contributed by atoms with Crippen LogP contribution >= 0.6 is 0 Å². The molecule has 7 heteroatoms. The standard InChI is InChI=1S/C22H47N3O3Si/c1-26-29(27-2,28-3)22-12-7-5-4-6-9-15-24-17-20-25(21-18-24)19-16-23-13-10-8-11-14-23/h4-22H2,1-3H3. The summed E-state index contributed by atoms with van der Waals surface area (Å²) in [7, 11) is 2.76. The van der Waals surface area contributed by atoms with Crippen LogP contribution in [-0.2, 0) is 13.3 Å². The highest BCUT2D eigenvalue weighted by molar-refractivity contribution is 6.60. The summed E-state index contributed by atoms with van der Waals surface area (Å²) in [4.78, 5) is 8.01. The van der Waals surface area contributed by atoms with Gasteiger partial charge in [0.05, 0.1) is 0 Å². The maximum absolute atomic E-state index is 5.49. The molecular weight excluding hydrogens is 382 g/mol. The quantitative estimate of drug-likeness (QED) is 0.294. The Morgan fingerprint density at radius 3 is 1.52 bits per heavy atom. The number of hydrogen-bond donors (Lipinski definition) is 0. The first kappa shape index (κ1) is 25.2. The van der Waals surface area contributed by atoms with Crippen LogP contribution in [0.4, 0.5) is 0 Å². The second kappa shape index (κ2) is 14.9. The molecule has 6 nitrogen and oxygen atoms in total. The minimum Gasteiger partial charge on any atom is -0.377 e. The lowest BCUT2D eigenvalue weighted by Crippen LogP contribution is -2.48. The van der Waals surface area contributed by atoms with Gasteiger partial charge in [0, 0.05) is 66.6 Å². The van der Waals surface area contributed by atoms with Gasteiger partial charge in [0.2, 0.25) is 0 Å². The van der Waals surface area contributed by atoms with Crippen LogP contribution in [0.1, 0.15) is 57.8 Å². The minimum absolute atomic E-state index is 0.929. The van der Waals surface area contributed by atoms with E-state index in [9.17, 15) is 0 Å². The van der Waals surface area contributed by atoms with E-state index in [4.69, 9.17) is 13.3 Å². The molecule has 0 atom stereocenters. The summed E-state index contributed by atoms with van der Waals surface area (Å²) < 4.78 is 16.5. The summed E-state index contributed by atoms with van der Waals surface area (Å²) in [5.74, 6) is 0. The van der Waals surface area contributed by atoms with E-state index < -0.39 is 8.80 Å². The predicted octanol–water partition coefficient (Wildman–Crippen LogP) is 3.31. The molecule has 2 fully saturated rings. The number of piperidine rings is 1. The average Bonchev–Trinajstić information content (AvgIpc) is 2.79. The van der Waals surface area contributed by atoms with E-state index in [-0.39, 0.29) is 0 Å². The molecule has 2 rings (SSSR count). The van der Waals surface area contributed by atoms with Crippen LogP contribution in [-0.4, -0.2) is 104 Å². The second-order valence-electron chi connectivity index (χ2n) is 8.75. The van der Waals surface area contributed by atoms with E-state index in [2.05, 4.69) is 14.7 Å². The van der Waals surface area contributed by atoms with Crippen LogP contribution in [0.5, 0.6) is 0 Å². The van der Waals surface area contributed by atoms with Crippen molar-refractivity contribution in [3.05, 3.63) is 0 Å². The van der Waals surface area contributed by atoms with Gasteiger partial charge in [-0.2, -0.15) is 0 Å². The van der Waals surface area contributed by atoms with Crippen molar-refractivity contribution in [3.63, 3.8) is 0 Å². The number of rotatable bonds is 15. The molecule has 2 heterocycles. The van der Waals surface area contributed by atoms with Gasteiger partial charge in [-0.25, -0.2) is 0 Å². The lowest BCUT2D eigenvalue weighted by Gasteiger charge is -2.36. The van der Waals surface area contributed by atoms with Crippen LogP contribution in [0, 0.1) is 0 Å². The molecule has 0 radical (unpaired) electrons. The zero-order chi connectivity index (χ0) is 20.8. The van der Waals surface area contributed by atoms with E-state index in [1.54, 1.807) is 21.3 Å². The molecule has 0 aliphatic carbocycles. The molecule has 2 saturated heterocycles. The lowest BCUT2D eigenvalue weighted by atomic mass is 10.1. The van der Waals surface area contributed by atoms with Crippen molar-refractivity contribution in [3.8, 4) is 0 Å². The average molecular weight is 430 g/mol. The van der Waals surface area contributed by atoms with E-state index in [0.717, 1.165) is 12.5 Å². The van der Waals surface area contributed by atoms with E-state index in [1.165, 1.54) is 110 Å².